The SMILES string of the molecule is O=C(CNC(=O)c1ccccc1)Nc1ccc(Br)cc1. The van der Waals surface area contributed by atoms with Crippen LogP contribution < -0.4 is 10.6 Å². The molecule has 0 fully saturated rings. The smallest absolute Gasteiger partial charge is 0.251 e. The van der Waals surface area contributed by atoms with E-state index in [2.05, 4.69) is 26.6 Å². The summed E-state index contributed by atoms with van der Waals surface area (Å²) in [4.78, 5) is 23.4. The molecule has 2 N–H and O–H groups in total. The predicted octanol–water partition coefficient (Wildman–Crippen LogP) is 2.82. The standard InChI is InChI=1S/C15H13BrN2O2/c16-12-6-8-13(9-7-12)18-14(19)10-17-15(20)11-4-2-1-3-5-11/h1-9H,10H2,(H,17,20)(H,18,19). The number of benzene rings is 2. The van der Waals surface area contributed by atoms with Gasteiger partial charge < -0.3 is 10.6 Å². The van der Waals surface area contributed by atoms with Crippen LogP contribution in [-0.2, 0) is 4.79 Å². The summed E-state index contributed by atoms with van der Waals surface area (Å²) < 4.78 is 0.938. The zero-order valence-corrected chi connectivity index (χ0v) is 12.2. The van der Waals surface area contributed by atoms with Crippen molar-refractivity contribution in [1.29, 1.82) is 0 Å². The molecular weight excluding hydrogens is 320 g/mol. The van der Waals surface area contributed by atoms with Crippen LogP contribution in [0.25, 0.3) is 0 Å². The van der Waals surface area contributed by atoms with Crippen molar-refractivity contribution < 1.29 is 9.59 Å². The van der Waals surface area contributed by atoms with Crippen LogP contribution in [0.15, 0.2) is 59.1 Å². The molecule has 0 spiro atoms. The van der Waals surface area contributed by atoms with Gasteiger partial charge in [0.05, 0.1) is 6.54 Å². The van der Waals surface area contributed by atoms with Gasteiger partial charge in [-0.25, -0.2) is 0 Å². The molecule has 20 heavy (non-hydrogen) atoms. The number of amides is 2. The van der Waals surface area contributed by atoms with Gasteiger partial charge in [0.25, 0.3) is 5.91 Å². The van der Waals surface area contributed by atoms with Gasteiger partial charge in [0.15, 0.2) is 0 Å². The highest BCUT2D eigenvalue weighted by molar-refractivity contribution is 9.10. The number of anilines is 1. The van der Waals surface area contributed by atoms with Gasteiger partial charge >= 0.3 is 0 Å². The lowest BCUT2D eigenvalue weighted by atomic mass is 10.2. The molecule has 102 valence electrons. The molecule has 0 aromatic heterocycles. The number of rotatable bonds is 4. The van der Waals surface area contributed by atoms with Crippen molar-refractivity contribution in [2.45, 2.75) is 0 Å². The quantitative estimate of drug-likeness (QED) is 0.904. The van der Waals surface area contributed by atoms with Gasteiger partial charge in [0.2, 0.25) is 5.91 Å². The van der Waals surface area contributed by atoms with Gasteiger partial charge in [-0.3, -0.25) is 9.59 Å². The molecule has 0 heterocycles. The first-order valence-electron chi connectivity index (χ1n) is 6.04. The summed E-state index contributed by atoms with van der Waals surface area (Å²) in [5.74, 6) is -0.534. The van der Waals surface area contributed by atoms with E-state index in [0.717, 1.165) is 4.47 Å². The molecule has 0 unspecified atom stereocenters. The van der Waals surface area contributed by atoms with Crippen LogP contribution in [0, 0.1) is 0 Å². The molecular formula is C15H13BrN2O2. The van der Waals surface area contributed by atoms with E-state index in [1.165, 1.54) is 0 Å². The average Bonchev–Trinajstić information content (AvgIpc) is 2.48. The average molecular weight is 333 g/mol. The molecule has 2 rings (SSSR count). The first-order chi connectivity index (χ1) is 9.65. The van der Waals surface area contributed by atoms with Crippen LogP contribution in [0.4, 0.5) is 5.69 Å². The minimum Gasteiger partial charge on any atom is -0.343 e. The monoisotopic (exact) mass is 332 g/mol. The Balaban J connectivity index is 1.83. The Morgan fingerprint density at radius 1 is 0.950 bits per heavy atom. The van der Waals surface area contributed by atoms with Gasteiger partial charge in [0, 0.05) is 15.7 Å². The van der Waals surface area contributed by atoms with Crippen molar-refractivity contribution in [1.82, 2.24) is 5.32 Å². The summed E-state index contributed by atoms with van der Waals surface area (Å²) >= 11 is 3.32. The zero-order chi connectivity index (χ0) is 14.4. The van der Waals surface area contributed by atoms with Crippen LogP contribution >= 0.6 is 15.9 Å². The Labute approximate surface area is 125 Å². The van der Waals surface area contributed by atoms with Gasteiger partial charge in [-0.05, 0) is 36.4 Å². The third-order valence-electron chi connectivity index (χ3n) is 2.57. The Morgan fingerprint density at radius 3 is 2.25 bits per heavy atom. The largest absolute Gasteiger partial charge is 0.343 e. The molecule has 0 radical (unpaired) electrons. The van der Waals surface area contributed by atoms with E-state index in [1.807, 2.05) is 18.2 Å². The van der Waals surface area contributed by atoms with E-state index >= 15 is 0 Å². The maximum atomic E-state index is 11.7. The van der Waals surface area contributed by atoms with Gasteiger partial charge in [-0.2, -0.15) is 0 Å². The highest BCUT2D eigenvalue weighted by Crippen LogP contribution is 2.13. The normalized spacial score (nSPS) is 9.85. The number of nitrogens with one attached hydrogen (secondary N) is 2. The molecule has 0 bridgehead atoms. The second-order valence-corrected chi connectivity index (χ2v) is 5.02. The van der Waals surface area contributed by atoms with Crippen molar-refractivity contribution in [3.05, 3.63) is 64.6 Å². The molecule has 2 amide bonds. The Morgan fingerprint density at radius 2 is 1.60 bits per heavy atom. The zero-order valence-electron chi connectivity index (χ0n) is 10.6. The lowest BCUT2D eigenvalue weighted by molar-refractivity contribution is -0.115. The Hall–Kier alpha value is -2.14. The fourth-order valence-electron chi connectivity index (χ4n) is 1.59. The maximum absolute atomic E-state index is 11.7. The van der Waals surface area contributed by atoms with Crippen LogP contribution in [0.2, 0.25) is 0 Å². The van der Waals surface area contributed by atoms with Crippen LogP contribution in [0.3, 0.4) is 0 Å². The number of carbonyl (C=O) groups is 2. The van der Waals surface area contributed by atoms with Crippen LogP contribution in [0.1, 0.15) is 10.4 Å². The summed E-state index contributed by atoms with van der Waals surface area (Å²) in [5, 5.41) is 5.27. The Bertz CT molecular complexity index is 597. The summed E-state index contributed by atoms with van der Waals surface area (Å²) in [6, 6.07) is 16.0. The third-order valence-corrected chi connectivity index (χ3v) is 3.10. The van der Waals surface area contributed by atoms with Crippen LogP contribution in [-0.4, -0.2) is 18.4 Å². The van der Waals surface area contributed by atoms with E-state index < -0.39 is 0 Å². The van der Waals surface area contributed by atoms with Gasteiger partial charge in [-0.15, -0.1) is 0 Å². The van der Waals surface area contributed by atoms with Crippen LogP contribution in [0.5, 0.6) is 0 Å². The van der Waals surface area contributed by atoms with Crippen molar-refractivity contribution in [3.8, 4) is 0 Å². The molecule has 5 heteroatoms. The number of halogens is 1. The molecule has 0 saturated carbocycles. The van der Waals surface area contributed by atoms with E-state index in [1.54, 1.807) is 36.4 Å². The minimum atomic E-state index is -0.267. The van der Waals surface area contributed by atoms with E-state index in [-0.39, 0.29) is 18.4 Å². The molecule has 0 atom stereocenters. The van der Waals surface area contributed by atoms with Crippen molar-refractivity contribution in [2.75, 3.05) is 11.9 Å². The van der Waals surface area contributed by atoms with Crippen molar-refractivity contribution >= 4 is 33.4 Å². The van der Waals surface area contributed by atoms with E-state index in [0.29, 0.717) is 11.3 Å². The topological polar surface area (TPSA) is 58.2 Å². The number of hydrogen-bond donors (Lipinski definition) is 2. The molecule has 0 aliphatic heterocycles. The first-order valence-corrected chi connectivity index (χ1v) is 6.83. The summed E-state index contributed by atoms with van der Waals surface area (Å²) in [7, 11) is 0. The second kappa shape index (κ2) is 6.86. The van der Waals surface area contributed by atoms with E-state index in [9.17, 15) is 9.59 Å². The lowest BCUT2D eigenvalue weighted by Crippen LogP contribution is -2.32. The second-order valence-electron chi connectivity index (χ2n) is 4.10. The molecule has 2 aromatic carbocycles. The highest BCUT2D eigenvalue weighted by Gasteiger charge is 2.07. The predicted molar refractivity (Wildman–Crippen MR) is 81.5 cm³/mol. The summed E-state index contributed by atoms with van der Waals surface area (Å²) in [6.07, 6.45) is 0. The van der Waals surface area contributed by atoms with E-state index in [4.69, 9.17) is 0 Å². The lowest BCUT2D eigenvalue weighted by Gasteiger charge is -2.07. The number of carbonyl (C=O) groups excluding carboxylic acids is 2. The number of hydrogen-bond acceptors (Lipinski definition) is 2. The van der Waals surface area contributed by atoms with Crippen molar-refractivity contribution in [3.63, 3.8) is 0 Å². The molecule has 0 saturated heterocycles. The third kappa shape index (κ3) is 4.20. The molecule has 4 nitrogen and oxygen atoms in total. The minimum absolute atomic E-state index is 0.0657. The fourth-order valence-corrected chi connectivity index (χ4v) is 1.85. The van der Waals surface area contributed by atoms with Crippen molar-refractivity contribution in [2.24, 2.45) is 0 Å². The molecule has 0 aliphatic carbocycles. The van der Waals surface area contributed by atoms with Gasteiger partial charge in [-0.1, -0.05) is 34.1 Å². The fraction of sp³-hybridized carbons (Fsp3) is 0.0667. The molecule has 0 aliphatic rings. The Kier molecular flexibility index (Phi) is 4.90. The highest BCUT2D eigenvalue weighted by atomic mass is 79.9. The summed E-state index contributed by atoms with van der Waals surface area (Å²) in [6.45, 7) is -0.0657. The van der Waals surface area contributed by atoms with Gasteiger partial charge in [0.1, 0.15) is 0 Å². The molecule has 2 aromatic rings. The summed E-state index contributed by atoms with van der Waals surface area (Å²) in [5.41, 5.74) is 1.22. The first kappa shape index (κ1) is 14.3. The maximum Gasteiger partial charge on any atom is 0.251 e.